The third-order valence-electron chi connectivity index (χ3n) is 3.09. The fourth-order valence-corrected chi connectivity index (χ4v) is 2.06. The predicted octanol–water partition coefficient (Wildman–Crippen LogP) is 0.428. The SMILES string of the molecule is CC1CCCN1NC(=O)N1CCOCC1. The summed E-state index contributed by atoms with van der Waals surface area (Å²) in [5.74, 6) is 0. The van der Waals surface area contributed by atoms with E-state index < -0.39 is 0 Å². The molecule has 0 radical (unpaired) electrons. The molecular formula is C10H19N3O2. The number of amides is 2. The highest BCUT2D eigenvalue weighted by molar-refractivity contribution is 5.73. The van der Waals surface area contributed by atoms with Gasteiger partial charge in [-0.15, -0.1) is 0 Å². The Morgan fingerprint density at radius 2 is 2.07 bits per heavy atom. The number of rotatable bonds is 1. The summed E-state index contributed by atoms with van der Waals surface area (Å²) in [5, 5.41) is 2.04. The van der Waals surface area contributed by atoms with Gasteiger partial charge in [0.15, 0.2) is 0 Å². The van der Waals surface area contributed by atoms with Crippen LogP contribution in [0.1, 0.15) is 19.8 Å². The number of morpholine rings is 1. The summed E-state index contributed by atoms with van der Waals surface area (Å²) in [7, 11) is 0. The number of hydrazine groups is 1. The number of urea groups is 1. The summed E-state index contributed by atoms with van der Waals surface area (Å²) >= 11 is 0. The lowest BCUT2D eigenvalue weighted by Gasteiger charge is -2.30. The van der Waals surface area contributed by atoms with Crippen LogP contribution in [0.5, 0.6) is 0 Å². The molecule has 2 fully saturated rings. The smallest absolute Gasteiger partial charge is 0.332 e. The Hall–Kier alpha value is -0.810. The van der Waals surface area contributed by atoms with Gasteiger partial charge in [0.25, 0.3) is 0 Å². The van der Waals surface area contributed by atoms with Crippen molar-refractivity contribution in [3.05, 3.63) is 0 Å². The molecule has 0 aromatic rings. The molecule has 1 atom stereocenters. The first-order chi connectivity index (χ1) is 7.27. The average Bonchev–Trinajstić information content (AvgIpc) is 2.66. The zero-order chi connectivity index (χ0) is 10.7. The van der Waals surface area contributed by atoms with Gasteiger partial charge in [-0.05, 0) is 19.8 Å². The minimum atomic E-state index is 0.0204. The van der Waals surface area contributed by atoms with E-state index in [0.717, 1.165) is 6.54 Å². The zero-order valence-corrected chi connectivity index (χ0v) is 9.24. The normalized spacial score (nSPS) is 28.1. The van der Waals surface area contributed by atoms with E-state index in [4.69, 9.17) is 4.74 Å². The van der Waals surface area contributed by atoms with E-state index in [9.17, 15) is 4.79 Å². The van der Waals surface area contributed by atoms with Crippen molar-refractivity contribution in [3.8, 4) is 0 Å². The van der Waals surface area contributed by atoms with Crippen LogP contribution < -0.4 is 5.43 Å². The minimum absolute atomic E-state index is 0.0204. The van der Waals surface area contributed by atoms with Crippen molar-refractivity contribution in [3.63, 3.8) is 0 Å². The van der Waals surface area contributed by atoms with E-state index in [0.29, 0.717) is 32.3 Å². The first kappa shape index (κ1) is 10.7. The monoisotopic (exact) mass is 213 g/mol. The van der Waals surface area contributed by atoms with Crippen LogP contribution in [0.2, 0.25) is 0 Å². The molecule has 2 aliphatic heterocycles. The highest BCUT2D eigenvalue weighted by Crippen LogP contribution is 2.13. The number of carbonyl (C=O) groups is 1. The molecule has 1 unspecified atom stereocenters. The van der Waals surface area contributed by atoms with E-state index >= 15 is 0 Å². The molecule has 0 saturated carbocycles. The molecular weight excluding hydrogens is 194 g/mol. The van der Waals surface area contributed by atoms with Gasteiger partial charge in [0.1, 0.15) is 0 Å². The van der Waals surface area contributed by atoms with Crippen LogP contribution in [-0.4, -0.2) is 54.8 Å². The third-order valence-corrected chi connectivity index (χ3v) is 3.09. The summed E-state index contributed by atoms with van der Waals surface area (Å²) in [6, 6.07) is 0.488. The van der Waals surface area contributed by atoms with Crippen LogP contribution in [0.15, 0.2) is 0 Å². The van der Waals surface area contributed by atoms with Crippen LogP contribution in [-0.2, 0) is 4.74 Å². The summed E-state index contributed by atoms with van der Waals surface area (Å²) in [6.07, 6.45) is 2.34. The zero-order valence-electron chi connectivity index (χ0n) is 9.24. The lowest BCUT2D eigenvalue weighted by atomic mass is 10.3. The fourth-order valence-electron chi connectivity index (χ4n) is 2.06. The molecule has 5 heteroatoms. The molecule has 5 nitrogen and oxygen atoms in total. The van der Waals surface area contributed by atoms with E-state index in [1.165, 1.54) is 12.8 Å². The Morgan fingerprint density at radius 1 is 1.33 bits per heavy atom. The van der Waals surface area contributed by atoms with Gasteiger partial charge in [0.05, 0.1) is 13.2 Å². The van der Waals surface area contributed by atoms with Gasteiger partial charge < -0.3 is 9.64 Å². The molecule has 0 aromatic heterocycles. The molecule has 1 N–H and O–H groups in total. The van der Waals surface area contributed by atoms with E-state index in [2.05, 4.69) is 12.3 Å². The Kier molecular flexibility index (Phi) is 3.43. The summed E-state index contributed by atoms with van der Waals surface area (Å²) in [5.41, 5.74) is 2.96. The van der Waals surface area contributed by atoms with Crippen molar-refractivity contribution >= 4 is 6.03 Å². The number of nitrogens with zero attached hydrogens (tertiary/aromatic N) is 2. The second-order valence-corrected chi connectivity index (χ2v) is 4.20. The molecule has 0 bridgehead atoms. The maximum absolute atomic E-state index is 11.8. The number of hydrogen-bond donors (Lipinski definition) is 1. The first-order valence-electron chi connectivity index (χ1n) is 5.67. The van der Waals surface area contributed by atoms with Crippen molar-refractivity contribution in [1.82, 2.24) is 15.3 Å². The average molecular weight is 213 g/mol. The number of hydrogen-bond acceptors (Lipinski definition) is 3. The molecule has 0 spiro atoms. The molecule has 2 saturated heterocycles. The van der Waals surface area contributed by atoms with Crippen molar-refractivity contribution in [2.24, 2.45) is 0 Å². The van der Waals surface area contributed by atoms with Crippen LogP contribution >= 0.6 is 0 Å². The largest absolute Gasteiger partial charge is 0.378 e. The molecule has 2 amide bonds. The molecule has 2 rings (SSSR count). The second kappa shape index (κ2) is 4.81. The Bertz CT molecular complexity index is 229. The van der Waals surface area contributed by atoms with Gasteiger partial charge in [-0.2, -0.15) is 0 Å². The quantitative estimate of drug-likeness (QED) is 0.687. The van der Waals surface area contributed by atoms with E-state index in [1.54, 1.807) is 0 Å². The molecule has 86 valence electrons. The van der Waals surface area contributed by atoms with E-state index in [-0.39, 0.29) is 6.03 Å². The Balaban J connectivity index is 1.80. The van der Waals surface area contributed by atoms with Gasteiger partial charge in [-0.1, -0.05) is 0 Å². The Labute approximate surface area is 90.3 Å². The van der Waals surface area contributed by atoms with Gasteiger partial charge in [0, 0.05) is 25.7 Å². The lowest BCUT2D eigenvalue weighted by Crippen LogP contribution is -2.52. The van der Waals surface area contributed by atoms with Crippen LogP contribution in [0.25, 0.3) is 0 Å². The number of carbonyl (C=O) groups excluding carboxylic acids is 1. The topological polar surface area (TPSA) is 44.8 Å². The summed E-state index contributed by atoms with van der Waals surface area (Å²) < 4.78 is 5.21. The molecule has 0 aliphatic carbocycles. The van der Waals surface area contributed by atoms with E-state index in [1.807, 2.05) is 9.91 Å². The second-order valence-electron chi connectivity index (χ2n) is 4.20. The maximum Gasteiger partial charge on any atom is 0.332 e. The molecule has 15 heavy (non-hydrogen) atoms. The van der Waals surface area contributed by atoms with Crippen molar-refractivity contribution in [2.45, 2.75) is 25.8 Å². The molecule has 2 heterocycles. The minimum Gasteiger partial charge on any atom is -0.378 e. The maximum atomic E-state index is 11.8. The third kappa shape index (κ3) is 2.60. The van der Waals surface area contributed by atoms with Gasteiger partial charge in [-0.25, -0.2) is 9.80 Å². The Morgan fingerprint density at radius 3 is 2.67 bits per heavy atom. The number of nitrogens with one attached hydrogen (secondary N) is 1. The molecule has 0 aromatic carbocycles. The van der Waals surface area contributed by atoms with Crippen molar-refractivity contribution < 1.29 is 9.53 Å². The highest BCUT2D eigenvalue weighted by Gasteiger charge is 2.24. The lowest BCUT2D eigenvalue weighted by molar-refractivity contribution is 0.0456. The van der Waals surface area contributed by atoms with Crippen LogP contribution in [0, 0.1) is 0 Å². The van der Waals surface area contributed by atoms with Gasteiger partial charge in [-0.3, -0.25) is 5.43 Å². The summed E-state index contributed by atoms with van der Waals surface area (Å²) in [4.78, 5) is 13.6. The summed E-state index contributed by atoms with van der Waals surface area (Å²) in [6.45, 7) is 5.83. The first-order valence-corrected chi connectivity index (χ1v) is 5.67. The fraction of sp³-hybridized carbons (Fsp3) is 0.900. The molecule has 2 aliphatic rings. The van der Waals surface area contributed by atoms with Gasteiger partial charge in [0.2, 0.25) is 0 Å². The standard InChI is InChI=1S/C10H19N3O2/c1-9-3-2-4-13(9)11-10(14)12-5-7-15-8-6-12/h9H,2-8H2,1H3,(H,11,14). The van der Waals surface area contributed by atoms with Crippen molar-refractivity contribution in [1.29, 1.82) is 0 Å². The number of ether oxygens (including phenoxy) is 1. The van der Waals surface area contributed by atoms with Crippen molar-refractivity contribution in [2.75, 3.05) is 32.8 Å². The highest BCUT2D eigenvalue weighted by atomic mass is 16.5. The predicted molar refractivity (Wildman–Crippen MR) is 56.3 cm³/mol. The van der Waals surface area contributed by atoms with Gasteiger partial charge >= 0.3 is 6.03 Å². The van der Waals surface area contributed by atoms with Crippen LogP contribution in [0.3, 0.4) is 0 Å². The van der Waals surface area contributed by atoms with Crippen LogP contribution in [0.4, 0.5) is 4.79 Å².